The van der Waals surface area contributed by atoms with Crippen molar-refractivity contribution in [2.45, 2.75) is 26.4 Å². The van der Waals surface area contributed by atoms with Gasteiger partial charge in [0.25, 0.3) is 0 Å². The first-order valence-electron chi connectivity index (χ1n) is 3.71. The lowest BCUT2D eigenvalue weighted by atomic mass is 10.5. The van der Waals surface area contributed by atoms with Gasteiger partial charge >= 0.3 is 6.09 Å². The molecule has 0 saturated heterocycles. The minimum Gasteiger partial charge on any atom is -0.446 e. The zero-order chi connectivity index (χ0) is 8.69. The van der Waals surface area contributed by atoms with Gasteiger partial charge in [-0.2, -0.15) is 0 Å². The molecule has 1 N–H and O–H groups in total. The highest BCUT2D eigenvalue weighted by Gasteiger charge is 2.05. The van der Waals surface area contributed by atoms with Gasteiger partial charge in [0.05, 0.1) is 0 Å². The van der Waals surface area contributed by atoms with Crippen LogP contribution in [-0.2, 0) is 4.74 Å². The van der Waals surface area contributed by atoms with Crippen LogP contribution in [0.3, 0.4) is 0 Å². The van der Waals surface area contributed by atoms with E-state index in [0.717, 1.165) is 6.42 Å². The molecule has 4 heteroatoms. The van der Waals surface area contributed by atoms with E-state index in [1.165, 1.54) is 0 Å². The van der Waals surface area contributed by atoms with Crippen LogP contribution >= 0.6 is 15.9 Å². The Bertz CT molecular complexity index is 119. The smallest absolute Gasteiger partial charge is 0.407 e. The van der Waals surface area contributed by atoms with E-state index in [9.17, 15) is 4.79 Å². The van der Waals surface area contributed by atoms with Gasteiger partial charge in [-0.15, -0.1) is 0 Å². The maximum atomic E-state index is 10.8. The summed E-state index contributed by atoms with van der Waals surface area (Å²) < 4.78 is 4.90. The minimum atomic E-state index is -0.334. The maximum absolute atomic E-state index is 10.8. The average molecular weight is 224 g/mol. The average Bonchev–Trinajstić information content (AvgIpc) is 2.00. The summed E-state index contributed by atoms with van der Waals surface area (Å²) in [6.45, 7) is 4.50. The molecule has 0 fully saturated rings. The van der Waals surface area contributed by atoms with Crippen molar-refractivity contribution in [2.24, 2.45) is 0 Å². The molecule has 3 nitrogen and oxygen atoms in total. The van der Waals surface area contributed by atoms with Crippen LogP contribution < -0.4 is 5.32 Å². The summed E-state index contributed by atoms with van der Waals surface area (Å²) in [5, 5.41) is 3.29. The second-order valence-electron chi connectivity index (χ2n) is 2.30. The molecule has 1 unspecified atom stereocenters. The van der Waals surface area contributed by atoms with Crippen molar-refractivity contribution in [3.05, 3.63) is 0 Å². The Labute approximate surface area is 75.6 Å². The molecule has 0 saturated carbocycles. The van der Waals surface area contributed by atoms with Crippen molar-refractivity contribution in [3.63, 3.8) is 0 Å². The molecule has 1 atom stereocenters. The summed E-state index contributed by atoms with van der Waals surface area (Å²) in [6.07, 6.45) is 0.531. The van der Waals surface area contributed by atoms with E-state index in [1.54, 1.807) is 0 Å². The van der Waals surface area contributed by atoms with Gasteiger partial charge in [-0.1, -0.05) is 22.9 Å². The second kappa shape index (κ2) is 6.46. The number of nitrogens with one attached hydrogen (secondary N) is 1. The first kappa shape index (κ1) is 10.8. The van der Waals surface area contributed by atoms with Crippen LogP contribution in [0.4, 0.5) is 4.79 Å². The summed E-state index contributed by atoms with van der Waals surface area (Å²) in [7, 11) is 0. The first-order chi connectivity index (χ1) is 5.20. The SMILES string of the molecule is CCCNC(=O)OC(C)CBr. The number of alkyl carbamates (subject to hydrolysis) is 1. The van der Waals surface area contributed by atoms with E-state index in [-0.39, 0.29) is 12.2 Å². The number of alkyl halides is 1. The van der Waals surface area contributed by atoms with Crippen LogP contribution in [0.1, 0.15) is 20.3 Å². The molecule has 0 spiro atoms. The predicted molar refractivity (Wildman–Crippen MR) is 48.0 cm³/mol. The fourth-order valence-corrected chi connectivity index (χ4v) is 0.615. The highest BCUT2D eigenvalue weighted by molar-refractivity contribution is 9.09. The van der Waals surface area contributed by atoms with Gasteiger partial charge in [0.15, 0.2) is 0 Å². The van der Waals surface area contributed by atoms with Crippen molar-refractivity contribution >= 4 is 22.0 Å². The number of hydrogen-bond acceptors (Lipinski definition) is 2. The fraction of sp³-hybridized carbons (Fsp3) is 0.857. The molecule has 0 heterocycles. The standard InChI is InChI=1S/C7H14BrNO2/c1-3-4-9-7(10)11-6(2)5-8/h6H,3-5H2,1-2H3,(H,9,10). The Morgan fingerprint density at radius 3 is 2.82 bits per heavy atom. The number of carbonyl (C=O) groups excluding carboxylic acids is 1. The van der Waals surface area contributed by atoms with E-state index >= 15 is 0 Å². The number of ether oxygens (including phenoxy) is 1. The quantitative estimate of drug-likeness (QED) is 0.740. The van der Waals surface area contributed by atoms with E-state index in [0.29, 0.717) is 11.9 Å². The normalized spacial score (nSPS) is 12.3. The van der Waals surface area contributed by atoms with Crippen molar-refractivity contribution in [2.75, 3.05) is 11.9 Å². The molecule has 0 rings (SSSR count). The zero-order valence-corrected chi connectivity index (χ0v) is 8.48. The van der Waals surface area contributed by atoms with Gasteiger partial charge in [-0.05, 0) is 13.3 Å². The van der Waals surface area contributed by atoms with Crippen LogP contribution in [0, 0.1) is 0 Å². The van der Waals surface area contributed by atoms with Crippen molar-refractivity contribution < 1.29 is 9.53 Å². The Morgan fingerprint density at radius 2 is 2.36 bits per heavy atom. The van der Waals surface area contributed by atoms with Crippen molar-refractivity contribution in [1.29, 1.82) is 0 Å². The summed E-state index contributed by atoms with van der Waals surface area (Å²) in [5.74, 6) is 0. The van der Waals surface area contributed by atoms with Gasteiger partial charge in [-0.25, -0.2) is 4.79 Å². The molecule has 0 aliphatic rings. The third kappa shape index (κ3) is 6.16. The molecule has 11 heavy (non-hydrogen) atoms. The maximum Gasteiger partial charge on any atom is 0.407 e. The Kier molecular flexibility index (Phi) is 6.31. The molecule has 1 amide bonds. The molecule has 0 aromatic heterocycles. The second-order valence-corrected chi connectivity index (χ2v) is 2.94. The lowest BCUT2D eigenvalue weighted by molar-refractivity contribution is 0.118. The summed E-state index contributed by atoms with van der Waals surface area (Å²) in [4.78, 5) is 10.8. The van der Waals surface area contributed by atoms with Crippen LogP contribution in [0.5, 0.6) is 0 Å². The molecule has 0 aliphatic carbocycles. The summed E-state index contributed by atoms with van der Waals surface area (Å²) in [5.41, 5.74) is 0. The Balaban J connectivity index is 3.36. The largest absolute Gasteiger partial charge is 0.446 e. The van der Waals surface area contributed by atoms with Crippen molar-refractivity contribution in [3.8, 4) is 0 Å². The number of halogens is 1. The molecular formula is C7H14BrNO2. The monoisotopic (exact) mass is 223 g/mol. The topological polar surface area (TPSA) is 38.3 Å². The van der Waals surface area contributed by atoms with E-state index in [1.807, 2.05) is 13.8 Å². The van der Waals surface area contributed by atoms with Crippen LogP contribution in [0.25, 0.3) is 0 Å². The highest BCUT2D eigenvalue weighted by atomic mass is 79.9. The lowest BCUT2D eigenvalue weighted by Gasteiger charge is -2.10. The first-order valence-corrected chi connectivity index (χ1v) is 4.83. The summed E-state index contributed by atoms with van der Waals surface area (Å²) in [6, 6.07) is 0. The Morgan fingerprint density at radius 1 is 1.73 bits per heavy atom. The van der Waals surface area contributed by atoms with Crippen LogP contribution in [0.15, 0.2) is 0 Å². The van der Waals surface area contributed by atoms with Gasteiger partial charge in [0.1, 0.15) is 6.10 Å². The molecule has 0 aromatic carbocycles. The lowest BCUT2D eigenvalue weighted by Crippen LogP contribution is -2.28. The van der Waals surface area contributed by atoms with Crippen LogP contribution in [-0.4, -0.2) is 24.1 Å². The minimum absolute atomic E-state index is 0.0631. The molecule has 0 bridgehead atoms. The van der Waals surface area contributed by atoms with Gasteiger partial charge < -0.3 is 10.1 Å². The third-order valence-corrected chi connectivity index (χ3v) is 1.96. The molecule has 0 aliphatic heterocycles. The molecule has 0 aromatic rings. The number of carbonyl (C=O) groups is 1. The number of amides is 1. The van der Waals surface area contributed by atoms with E-state index in [4.69, 9.17) is 4.74 Å². The molecular weight excluding hydrogens is 210 g/mol. The van der Waals surface area contributed by atoms with Gasteiger partial charge in [0.2, 0.25) is 0 Å². The molecule has 0 radical (unpaired) electrons. The number of hydrogen-bond donors (Lipinski definition) is 1. The van der Waals surface area contributed by atoms with Crippen molar-refractivity contribution in [1.82, 2.24) is 5.32 Å². The number of rotatable bonds is 4. The summed E-state index contributed by atoms with van der Waals surface area (Å²) >= 11 is 3.21. The van der Waals surface area contributed by atoms with E-state index < -0.39 is 0 Å². The fourth-order valence-electron chi connectivity index (χ4n) is 0.483. The molecule has 66 valence electrons. The van der Waals surface area contributed by atoms with Crippen LogP contribution in [0.2, 0.25) is 0 Å². The van der Waals surface area contributed by atoms with Gasteiger partial charge in [-0.3, -0.25) is 0 Å². The Hall–Kier alpha value is -0.250. The van der Waals surface area contributed by atoms with Gasteiger partial charge in [0, 0.05) is 11.9 Å². The third-order valence-electron chi connectivity index (χ3n) is 1.04. The zero-order valence-electron chi connectivity index (χ0n) is 6.89. The van der Waals surface area contributed by atoms with E-state index in [2.05, 4.69) is 21.2 Å². The predicted octanol–water partition coefficient (Wildman–Crippen LogP) is 1.91. The highest BCUT2D eigenvalue weighted by Crippen LogP contribution is 1.95.